The van der Waals surface area contributed by atoms with E-state index in [1.54, 1.807) is 43.6 Å². The number of esters is 1. The molecule has 0 unspecified atom stereocenters. The Labute approximate surface area is 193 Å². The van der Waals surface area contributed by atoms with Gasteiger partial charge < -0.3 is 9.47 Å². The Balaban J connectivity index is 1.74. The van der Waals surface area contributed by atoms with Crippen molar-refractivity contribution in [3.05, 3.63) is 64.2 Å². The second-order valence-corrected chi connectivity index (χ2v) is 9.03. The molecule has 0 spiro atoms. The molecule has 0 aliphatic carbocycles. The highest BCUT2D eigenvalue weighted by Gasteiger charge is 2.18. The van der Waals surface area contributed by atoms with Crippen molar-refractivity contribution < 1.29 is 19.1 Å². The predicted octanol–water partition coefficient (Wildman–Crippen LogP) is 6.38. The molecule has 0 aliphatic heterocycles. The van der Waals surface area contributed by atoms with Gasteiger partial charge in [0.2, 0.25) is 0 Å². The van der Waals surface area contributed by atoms with E-state index in [9.17, 15) is 9.59 Å². The van der Waals surface area contributed by atoms with E-state index >= 15 is 0 Å². The summed E-state index contributed by atoms with van der Waals surface area (Å²) in [7, 11) is 1.65. The van der Waals surface area contributed by atoms with Crippen molar-refractivity contribution in [2.24, 2.45) is 0 Å². The molecule has 0 fully saturated rings. The third-order valence-corrected chi connectivity index (χ3v) is 6.38. The number of aromatic nitrogens is 1. The first-order valence-electron chi connectivity index (χ1n) is 10.8. The molecule has 3 aromatic rings. The first-order chi connectivity index (χ1) is 15.3. The second-order valence-electron chi connectivity index (χ2n) is 7.94. The molecule has 2 aromatic carbocycles. The molecule has 168 valence electrons. The van der Waals surface area contributed by atoms with Crippen LogP contribution >= 0.6 is 11.3 Å². The van der Waals surface area contributed by atoms with E-state index in [4.69, 9.17) is 14.5 Å². The van der Waals surface area contributed by atoms with E-state index in [1.165, 1.54) is 0 Å². The van der Waals surface area contributed by atoms with Crippen LogP contribution in [0.1, 0.15) is 66.0 Å². The number of carbonyl (C=O) groups is 2. The van der Waals surface area contributed by atoms with E-state index in [0.29, 0.717) is 30.6 Å². The predicted molar refractivity (Wildman–Crippen MR) is 128 cm³/mol. The van der Waals surface area contributed by atoms with E-state index in [-0.39, 0.29) is 17.7 Å². The summed E-state index contributed by atoms with van der Waals surface area (Å²) in [4.78, 5) is 30.4. The van der Waals surface area contributed by atoms with E-state index in [0.717, 1.165) is 32.5 Å². The SMILES string of the molecule is CCC(=O)Oc1ccc(C(=O)CCc2sc(-c3ccc(OC)cc3)nc2C(C)C)cc1C. The van der Waals surface area contributed by atoms with Crippen LogP contribution in [0.5, 0.6) is 11.5 Å². The normalized spacial score (nSPS) is 10.9. The van der Waals surface area contributed by atoms with Gasteiger partial charge in [0.15, 0.2) is 5.78 Å². The average molecular weight is 452 g/mol. The molecule has 0 amide bonds. The van der Waals surface area contributed by atoms with Gasteiger partial charge in [-0.3, -0.25) is 9.59 Å². The lowest BCUT2D eigenvalue weighted by atomic mass is 10.0. The van der Waals surface area contributed by atoms with Gasteiger partial charge in [0.25, 0.3) is 0 Å². The maximum Gasteiger partial charge on any atom is 0.310 e. The van der Waals surface area contributed by atoms with Gasteiger partial charge in [-0.05, 0) is 67.3 Å². The lowest BCUT2D eigenvalue weighted by Gasteiger charge is -2.09. The minimum Gasteiger partial charge on any atom is -0.497 e. The van der Waals surface area contributed by atoms with Crippen molar-refractivity contribution in [3.63, 3.8) is 0 Å². The molecule has 0 atom stereocenters. The van der Waals surface area contributed by atoms with Crippen LogP contribution in [0.4, 0.5) is 0 Å². The fourth-order valence-electron chi connectivity index (χ4n) is 3.35. The second kappa shape index (κ2) is 10.6. The number of thiazole rings is 1. The Morgan fingerprint density at radius 1 is 1.09 bits per heavy atom. The van der Waals surface area contributed by atoms with Crippen molar-refractivity contribution >= 4 is 23.1 Å². The molecule has 0 radical (unpaired) electrons. The number of carbonyl (C=O) groups excluding carboxylic acids is 2. The van der Waals surface area contributed by atoms with Gasteiger partial charge in [0.05, 0.1) is 12.8 Å². The monoisotopic (exact) mass is 451 g/mol. The number of rotatable bonds is 9. The van der Waals surface area contributed by atoms with Crippen LogP contribution in [-0.2, 0) is 11.2 Å². The van der Waals surface area contributed by atoms with Gasteiger partial charge in [0, 0.05) is 28.8 Å². The Bertz CT molecular complexity index is 1100. The number of hydrogen-bond donors (Lipinski definition) is 0. The highest BCUT2D eigenvalue weighted by Crippen LogP contribution is 2.33. The Morgan fingerprint density at radius 3 is 2.41 bits per heavy atom. The molecule has 1 aromatic heterocycles. The zero-order valence-electron chi connectivity index (χ0n) is 19.2. The summed E-state index contributed by atoms with van der Waals surface area (Å²) in [6.45, 7) is 7.84. The molecule has 1 heterocycles. The number of ketones is 1. The van der Waals surface area contributed by atoms with Crippen molar-refractivity contribution in [1.29, 1.82) is 0 Å². The number of hydrogen-bond acceptors (Lipinski definition) is 6. The van der Waals surface area contributed by atoms with Gasteiger partial charge in [0.1, 0.15) is 16.5 Å². The number of nitrogens with zero attached hydrogens (tertiary/aromatic N) is 1. The summed E-state index contributed by atoms with van der Waals surface area (Å²) in [5.41, 5.74) is 3.50. The molecule has 0 bridgehead atoms. The largest absolute Gasteiger partial charge is 0.497 e. The fraction of sp³-hybridized carbons (Fsp3) is 0.346. The molecule has 0 N–H and O–H groups in total. The molecule has 3 rings (SSSR count). The maximum absolute atomic E-state index is 12.9. The summed E-state index contributed by atoms with van der Waals surface area (Å²) in [5.74, 6) is 1.37. The highest BCUT2D eigenvalue weighted by atomic mass is 32.1. The van der Waals surface area contributed by atoms with Crippen LogP contribution in [0, 0.1) is 6.92 Å². The van der Waals surface area contributed by atoms with Crippen molar-refractivity contribution in [3.8, 4) is 22.1 Å². The van der Waals surface area contributed by atoms with Crippen LogP contribution in [0.3, 0.4) is 0 Å². The van der Waals surface area contributed by atoms with Gasteiger partial charge in [-0.15, -0.1) is 11.3 Å². The molecule has 32 heavy (non-hydrogen) atoms. The van der Waals surface area contributed by atoms with Crippen LogP contribution in [0.15, 0.2) is 42.5 Å². The summed E-state index contributed by atoms with van der Waals surface area (Å²) in [5, 5.41) is 0.955. The molecular weight excluding hydrogens is 422 g/mol. The minimum atomic E-state index is -0.286. The van der Waals surface area contributed by atoms with Crippen molar-refractivity contribution in [2.75, 3.05) is 7.11 Å². The lowest BCUT2D eigenvalue weighted by Crippen LogP contribution is -2.08. The zero-order chi connectivity index (χ0) is 23.3. The van der Waals surface area contributed by atoms with Gasteiger partial charge in [-0.2, -0.15) is 0 Å². The quantitative estimate of drug-likeness (QED) is 0.214. The highest BCUT2D eigenvalue weighted by molar-refractivity contribution is 7.15. The maximum atomic E-state index is 12.9. The number of aryl methyl sites for hydroxylation is 2. The summed E-state index contributed by atoms with van der Waals surface area (Å²) < 4.78 is 10.5. The average Bonchev–Trinajstić information content (AvgIpc) is 3.23. The minimum absolute atomic E-state index is 0.0653. The van der Waals surface area contributed by atoms with Crippen LogP contribution in [0.2, 0.25) is 0 Å². The Hall–Kier alpha value is -2.99. The third-order valence-electron chi connectivity index (χ3n) is 5.20. The lowest BCUT2D eigenvalue weighted by molar-refractivity contribution is -0.134. The van der Waals surface area contributed by atoms with Crippen LogP contribution in [-0.4, -0.2) is 23.8 Å². The molecule has 0 aliphatic rings. The van der Waals surface area contributed by atoms with Crippen molar-refractivity contribution in [2.45, 2.75) is 52.9 Å². The van der Waals surface area contributed by atoms with Gasteiger partial charge >= 0.3 is 5.97 Å². The van der Waals surface area contributed by atoms with E-state index in [2.05, 4.69) is 13.8 Å². The van der Waals surface area contributed by atoms with E-state index in [1.807, 2.05) is 31.2 Å². The molecular formula is C26H29NO4S. The molecule has 6 heteroatoms. The van der Waals surface area contributed by atoms with Crippen LogP contribution in [0.25, 0.3) is 10.6 Å². The molecule has 0 saturated heterocycles. The van der Waals surface area contributed by atoms with E-state index < -0.39 is 0 Å². The number of benzene rings is 2. The summed E-state index contributed by atoms with van der Waals surface area (Å²) in [6, 6.07) is 13.1. The van der Waals surface area contributed by atoms with Gasteiger partial charge in [-0.25, -0.2) is 4.98 Å². The standard InChI is InChI=1S/C26H29NO4S/c1-6-24(29)31-22-13-9-19(15-17(22)4)21(28)12-14-23-25(16(2)3)27-26(32-23)18-7-10-20(30-5)11-8-18/h7-11,13,15-16H,6,12,14H2,1-5H3. The number of ether oxygens (including phenoxy) is 2. The zero-order valence-corrected chi connectivity index (χ0v) is 20.0. The molecule has 5 nitrogen and oxygen atoms in total. The summed E-state index contributed by atoms with van der Waals surface area (Å²) >= 11 is 1.64. The van der Waals surface area contributed by atoms with Crippen LogP contribution < -0.4 is 9.47 Å². The smallest absolute Gasteiger partial charge is 0.310 e. The molecule has 0 saturated carbocycles. The fourth-order valence-corrected chi connectivity index (χ4v) is 4.58. The summed E-state index contributed by atoms with van der Waals surface area (Å²) in [6.07, 6.45) is 1.36. The van der Waals surface area contributed by atoms with Crippen molar-refractivity contribution in [1.82, 2.24) is 4.98 Å². The Kier molecular flexibility index (Phi) is 7.80. The number of Topliss-reactive ketones (excluding diaryl/α,β-unsaturated/α-hetero) is 1. The topological polar surface area (TPSA) is 65.5 Å². The Morgan fingerprint density at radius 2 is 1.81 bits per heavy atom. The number of methoxy groups -OCH3 is 1. The van der Waals surface area contributed by atoms with Gasteiger partial charge in [-0.1, -0.05) is 20.8 Å². The first-order valence-corrected chi connectivity index (χ1v) is 11.6. The third kappa shape index (κ3) is 5.62. The first kappa shape index (κ1) is 23.7.